The first kappa shape index (κ1) is 10.7. The van der Waals surface area contributed by atoms with Gasteiger partial charge in [-0.2, -0.15) is 0 Å². The number of carbonyl (C=O) groups is 1. The number of nitrogens with zero attached hydrogens (tertiary/aromatic N) is 1. The fourth-order valence-corrected chi connectivity index (χ4v) is 1.78. The van der Waals surface area contributed by atoms with Gasteiger partial charge in [0.25, 0.3) is 0 Å². The Balaban J connectivity index is 2.22. The van der Waals surface area contributed by atoms with Crippen LogP contribution in [-0.4, -0.2) is 24.6 Å². The molecule has 1 aromatic carbocycles. The maximum atomic E-state index is 12.8. The maximum absolute atomic E-state index is 12.8. The van der Waals surface area contributed by atoms with Crippen molar-refractivity contribution in [1.29, 1.82) is 0 Å². The third-order valence-corrected chi connectivity index (χ3v) is 2.58. The topological polar surface area (TPSA) is 29.5 Å². The number of rotatable bonds is 1. The second-order valence-corrected chi connectivity index (χ2v) is 3.55. The molecular formula is C12H12FNO2. The van der Waals surface area contributed by atoms with Gasteiger partial charge >= 0.3 is 6.09 Å². The first-order valence-corrected chi connectivity index (χ1v) is 4.99. The van der Waals surface area contributed by atoms with E-state index in [4.69, 9.17) is 0 Å². The summed E-state index contributed by atoms with van der Waals surface area (Å²) in [5, 5.41) is 0. The number of benzene rings is 1. The first-order valence-electron chi connectivity index (χ1n) is 4.99. The lowest BCUT2D eigenvalue weighted by Gasteiger charge is -2.23. The van der Waals surface area contributed by atoms with Crippen molar-refractivity contribution in [2.24, 2.45) is 0 Å². The van der Waals surface area contributed by atoms with E-state index in [9.17, 15) is 9.18 Å². The molecule has 0 saturated heterocycles. The van der Waals surface area contributed by atoms with E-state index in [2.05, 4.69) is 4.74 Å². The molecule has 16 heavy (non-hydrogen) atoms. The highest BCUT2D eigenvalue weighted by atomic mass is 19.1. The Hall–Kier alpha value is -1.84. The minimum absolute atomic E-state index is 0.159. The fraction of sp³-hybridized carbons (Fsp3) is 0.250. The van der Waals surface area contributed by atoms with Gasteiger partial charge in [0.15, 0.2) is 0 Å². The Bertz CT molecular complexity index is 414. The van der Waals surface area contributed by atoms with Gasteiger partial charge in [-0.25, -0.2) is 9.18 Å². The summed E-state index contributed by atoms with van der Waals surface area (Å²) >= 11 is 0. The SMILES string of the molecule is COC(=O)N1CC=C[C@@H]1c1ccc(F)cc1. The lowest BCUT2D eigenvalue weighted by Crippen LogP contribution is -2.30. The van der Waals surface area contributed by atoms with Crippen LogP contribution in [-0.2, 0) is 4.74 Å². The highest BCUT2D eigenvalue weighted by molar-refractivity contribution is 5.69. The van der Waals surface area contributed by atoms with Crippen LogP contribution in [0.1, 0.15) is 11.6 Å². The third-order valence-electron chi connectivity index (χ3n) is 2.58. The number of methoxy groups -OCH3 is 1. The Labute approximate surface area is 93.1 Å². The summed E-state index contributed by atoms with van der Waals surface area (Å²) in [5.41, 5.74) is 0.876. The summed E-state index contributed by atoms with van der Waals surface area (Å²) in [5.74, 6) is -0.282. The quantitative estimate of drug-likeness (QED) is 0.682. The van der Waals surface area contributed by atoms with Crippen molar-refractivity contribution in [3.05, 3.63) is 47.8 Å². The zero-order chi connectivity index (χ0) is 11.5. The average molecular weight is 221 g/mol. The minimum atomic E-state index is -0.376. The van der Waals surface area contributed by atoms with E-state index >= 15 is 0 Å². The molecule has 0 unspecified atom stereocenters. The van der Waals surface area contributed by atoms with E-state index in [0.29, 0.717) is 6.54 Å². The van der Waals surface area contributed by atoms with Crippen LogP contribution in [0.25, 0.3) is 0 Å². The van der Waals surface area contributed by atoms with Crippen LogP contribution in [0.4, 0.5) is 9.18 Å². The van der Waals surface area contributed by atoms with E-state index in [0.717, 1.165) is 5.56 Å². The van der Waals surface area contributed by atoms with Gasteiger partial charge in [0.1, 0.15) is 5.82 Å². The summed E-state index contributed by atoms with van der Waals surface area (Å²) in [7, 11) is 1.35. The lowest BCUT2D eigenvalue weighted by atomic mass is 10.1. The van der Waals surface area contributed by atoms with Gasteiger partial charge in [-0.3, -0.25) is 4.90 Å². The molecule has 84 valence electrons. The number of amides is 1. The molecule has 0 radical (unpaired) electrons. The predicted molar refractivity (Wildman–Crippen MR) is 57.4 cm³/mol. The second-order valence-electron chi connectivity index (χ2n) is 3.55. The van der Waals surface area contributed by atoms with Crippen molar-refractivity contribution >= 4 is 6.09 Å². The summed E-state index contributed by atoms with van der Waals surface area (Å²) in [6, 6.07) is 5.96. The Kier molecular flexibility index (Phi) is 2.90. The van der Waals surface area contributed by atoms with Gasteiger partial charge in [0, 0.05) is 6.54 Å². The van der Waals surface area contributed by atoms with E-state index in [1.54, 1.807) is 17.0 Å². The molecule has 1 aromatic rings. The van der Waals surface area contributed by atoms with Gasteiger partial charge in [-0.1, -0.05) is 24.3 Å². The molecule has 1 atom stereocenters. The zero-order valence-electron chi connectivity index (χ0n) is 8.89. The molecule has 0 bridgehead atoms. The van der Waals surface area contributed by atoms with Crippen LogP contribution in [0.2, 0.25) is 0 Å². The molecule has 1 aliphatic heterocycles. The van der Waals surface area contributed by atoms with Crippen LogP contribution in [0.5, 0.6) is 0 Å². The number of hydrogen-bond donors (Lipinski definition) is 0. The fourth-order valence-electron chi connectivity index (χ4n) is 1.78. The highest BCUT2D eigenvalue weighted by Crippen LogP contribution is 2.27. The van der Waals surface area contributed by atoms with Gasteiger partial charge < -0.3 is 4.74 Å². The minimum Gasteiger partial charge on any atom is -0.453 e. The third kappa shape index (κ3) is 1.91. The van der Waals surface area contributed by atoms with Crippen molar-refractivity contribution in [3.8, 4) is 0 Å². The van der Waals surface area contributed by atoms with Gasteiger partial charge in [0.05, 0.1) is 13.2 Å². The van der Waals surface area contributed by atoms with Crippen molar-refractivity contribution in [2.45, 2.75) is 6.04 Å². The Morgan fingerprint density at radius 3 is 2.75 bits per heavy atom. The molecule has 0 N–H and O–H groups in total. The highest BCUT2D eigenvalue weighted by Gasteiger charge is 2.26. The number of halogens is 1. The van der Waals surface area contributed by atoms with Crippen LogP contribution < -0.4 is 0 Å². The second kappa shape index (κ2) is 4.35. The summed E-state index contributed by atoms with van der Waals surface area (Å²) in [6.07, 6.45) is 3.43. The molecule has 3 nitrogen and oxygen atoms in total. The number of ether oxygens (including phenoxy) is 1. The Morgan fingerprint density at radius 2 is 2.12 bits per heavy atom. The van der Waals surface area contributed by atoms with Crippen molar-refractivity contribution < 1.29 is 13.9 Å². The molecule has 0 spiro atoms. The van der Waals surface area contributed by atoms with Gasteiger partial charge in [0.2, 0.25) is 0 Å². The van der Waals surface area contributed by atoms with E-state index in [-0.39, 0.29) is 18.0 Å². The van der Waals surface area contributed by atoms with Crippen LogP contribution >= 0.6 is 0 Å². The van der Waals surface area contributed by atoms with Crippen LogP contribution in [0.15, 0.2) is 36.4 Å². The van der Waals surface area contributed by atoms with E-state index in [1.165, 1.54) is 19.2 Å². The lowest BCUT2D eigenvalue weighted by molar-refractivity contribution is 0.122. The summed E-state index contributed by atoms with van der Waals surface area (Å²) in [6.45, 7) is 0.523. The summed E-state index contributed by atoms with van der Waals surface area (Å²) in [4.78, 5) is 13.0. The Morgan fingerprint density at radius 1 is 1.44 bits per heavy atom. The van der Waals surface area contributed by atoms with E-state index < -0.39 is 0 Å². The average Bonchev–Trinajstić information content (AvgIpc) is 2.78. The van der Waals surface area contributed by atoms with Gasteiger partial charge in [-0.15, -0.1) is 0 Å². The molecular weight excluding hydrogens is 209 g/mol. The monoisotopic (exact) mass is 221 g/mol. The molecule has 1 heterocycles. The smallest absolute Gasteiger partial charge is 0.410 e. The molecule has 2 rings (SSSR count). The van der Waals surface area contributed by atoms with Gasteiger partial charge in [-0.05, 0) is 17.7 Å². The molecule has 0 saturated carbocycles. The van der Waals surface area contributed by atoms with Crippen molar-refractivity contribution in [2.75, 3.05) is 13.7 Å². The molecule has 0 aliphatic carbocycles. The number of hydrogen-bond acceptors (Lipinski definition) is 2. The number of carbonyl (C=O) groups excluding carboxylic acids is 1. The summed E-state index contributed by atoms with van der Waals surface area (Å²) < 4.78 is 17.5. The zero-order valence-corrected chi connectivity index (χ0v) is 8.89. The maximum Gasteiger partial charge on any atom is 0.410 e. The molecule has 4 heteroatoms. The predicted octanol–water partition coefficient (Wildman–Crippen LogP) is 2.51. The molecule has 0 fully saturated rings. The van der Waals surface area contributed by atoms with E-state index in [1.807, 2.05) is 12.2 Å². The van der Waals surface area contributed by atoms with Crippen LogP contribution in [0, 0.1) is 5.82 Å². The normalized spacial score (nSPS) is 18.9. The van der Waals surface area contributed by atoms with Crippen molar-refractivity contribution in [1.82, 2.24) is 4.90 Å². The van der Waals surface area contributed by atoms with Crippen molar-refractivity contribution in [3.63, 3.8) is 0 Å². The molecule has 0 aromatic heterocycles. The van der Waals surface area contributed by atoms with Crippen LogP contribution in [0.3, 0.4) is 0 Å². The molecule has 1 aliphatic rings. The first-order chi connectivity index (χ1) is 7.72. The largest absolute Gasteiger partial charge is 0.453 e. The molecule has 1 amide bonds. The standard InChI is InChI=1S/C12H12FNO2/c1-16-12(15)14-8-2-3-11(14)9-4-6-10(13)7-5-9/h2-7,11H,8H2,1H3/t11-/m1/s1.